The number of rotatable bonds is 7. The summed E-state index contributed by atoms with van der Waals surface area (Å²) in [5.74, 6) is -0.396. The summed E-state index contributed by atoms with van der Waals surface area (Å²) in [5.41, 5.74) is 0.385. The fourth-order valence-corrected chi connectivity index (χ4v) is 3.12. The van der Waals surface area contributed by atoms with Crippen LogP contribution in [0.15, 0.2) is 24.3 Å². The van der Waals surface area contributed by atoms with Gasteiger partial charge < -0.3 is 10.1 Å². The van der Waals surface area contributed by atoms with Gasteiger partial charge in [-0.2, -0.15) is 0 Å². The van der Waals surface area contributed by atoms with Crippen LogP contribution in [0.5, 0.6) is 0 Å². The maximum Gasteiger partial charge on any atom is 0.243 e. The number of hydrogen-bond donors (Lipinski definition) is 1. The minimum Gasteiger partial charge on any atom is -0.383 e. The summed E-state index contributed by atoms with van der Waals surface area (Å²) in [5, 5.41) is 3.11. The highest BCUT2D eigenvalue weighted by atomic mass is 35.5. The Bertz CT molecular complexity index is 574. The lowest BCUT2D eigenvalue weighted by molar-refractivity contribution is -0.122. The Kier molecular flexibility index (Phi) is 6.44. The molecular formula is C13H19ClN2O4S. The Morgan fingerprint density at radius 2 is 1.95 bits per heavy atom. The van der Waals surface area contributed by atoms with Crippen LogP contribution in [0.25, 0.3) is 0 Å². The van der Waals surface area contributed by atoms with E-state index in [-0.39, 0.29) is 0 Å². The van der Waals surface area contributed by atoms with E-state index in [1.807, 2.05) is 0 Å². The van der Waals surface area contributed by atoms with Gasteiger partial charge in [0, 0.05) is 18.7 Å². The van der Waals surface area contributed by atoms with Gasteiger partial charge in [-0.15, -0.1) is 0 Å². The van der Waals surface area contributed by atoms with E-state index in [0.29, 0.717) is 23.9 Å². The Morgan fingerprint density at radius 3 is 2.43 bits per heavy atom. The maximum absolute atomic E-state index is 12.0. The quantitative estimate of drug-likeness (QED) is 0.762. The number of ether oxygens (including phenoxy) is 1. The van der Waals surface area contributed by atoms with Crippen molar-refractivity contribution in [1.82, 2.24) is 5.32 Å². The number of nitrogens with one attached hydrogen (secondary N) is 1. The Balaban J connectivity index is 2.98. The predicted molar refractivity (Wildman–Crippen MR) is 83.1 cm³/mol. The van der Waals surface area contributed by atoms with E-state index < -0.39 is 22.0 Å². The van der Waals surface area contributed by atoms with E-state index in [4.69, 9.17) is 16.3 Å². The second-order valence-corrected chi connectivity index (χ2v) is 6.79. The zero-order valence-electron chi connectivity index (χ0n) is 12.2. The lowest BCUT2D eigenvalue weighted by Crippen LogP contribution is -2.48. The summed E-state index contributed by atoms with van der Waals surface area (Å²) in [6, 6.07) is 5.39. The molecule has 118 valence electrons. The molecule has 0 radical (unpaired) electrons. The fraction of sp³-hybridized carbons (Fsp3) is 0.462. The normalized spacial score (nSPS) is 12.8. The number of halogens is 1. The molecule has 1 atom stereocenters. The Hall–Kier alpha value is -1.31. The van der Waals surface area contributed by atoms with Gasteiger partial charge in [-0.1, -0.05) is 11.6 Å². The molecule has 1 aromatic rings. The third-order valence-electron chi connectivity index (χ3n) is 2.78. The van der Waals surface area contributed by atoms with Gasteiger partial charge in [0.2, 0.25) is 15.9 Å². The van der Waals surface area contributed by atoms with Crippen LogP contribution in [0.1, 0.15) is 6.92 Å². The van der Waals surface area contributed by atoms with Gasteiger partial charge in [-0.05, 0) is 31.2 Å². The molecule has 0 bridgehead atoms. The molecule has 0 aliphatic carbocycles. The predicted octanol–water partition coefficient (Wildman–Crippen LogP) is 1.26. The number of carbonyl (C=O) groups excluding carboxylic acids is 1. The highest BCUT2D eigenvalue weighted by Gasteiger charge is 2.28. The number of carbonyl (C=O) groups is 1. The van der Waals surface area contributed by atoms with Crippen molar-refractivity contribution in [2.24, 2.45) is 0 Å². The third-order valence-corrected chi connectivity index (χ3v) is 4.27. The molecule has 0 aromatic heterocycles. The number of hydrogen-bond acceptors (Lipinski definition) is 4. The highest BCUT2D eigenvalue weighted by molar-refractivity contribution is 7.92. The van der Waals surface area contributed by atoms with E-state index in [2.05, 4.69) is 5.32 Å². The minimum absolute atomic E-state index is 0.317. The second-order valence-electron chi connectivity index (χ2n) is 4.50. The van der Waals surface area contributed by atoms with E-state index in [1.165, 1.54) is 14.0 Å². The van der Waals surface area contributed by atoms with Crippen LogP contribution in [0.3, 0.4) is 0 Å². The molecule has 1 N–H and O–H groups in total. The zero-order chi connectivity index (χ0) is 16.0. The number of benzene rings is 1. The van der Waals surface area contributed by atoms with Crippen LogP contribution in [-0.4, -0.2) is 46.9 Å². The van der Waals surface area contributed by atoms with E-state index in [1.54, 1.807) is 24.3 Å². The van der Waals surface area contributed by atoms with Crippen molar-refractivity contribution in [2.45, 2.75) is 13.0 Å². The lowest BCUT2D eigenvalue weighted by Gasteiger charge is -2.28. The van der Waals surface area contributed by atoms with Gasteiger partial charge in [0.1, 0.15) is 6.04 Å². The summed E-state index contributed by atoms with van der Waals surface area (Å²) >= 11 is 5.80. The van der Waals surface area contributed by atoms with Crippen molar-refractivity contribution in [3.05, 3.63) is 29.3 Å². The zero-order valence-corrected chi connectivity index (χ0v) is 13.7. The molecule has 1 aromatic carbocycles. The van der Waals surface area contributed by atoms with Crippen molar-refractivity contribution in [1.29, 1.82) is 0 Å². The number of nitrogens with zero attached hydrogens (tertiary/aromatic N) is 1. The van der Waals surface area contributed by atoms with Crippen molar-refractivity contribution < 1.29 is 17.9 Å². The molecule has 0 fully saturated rings. The van der Waals surface area contributed by atoms with Crippen LogP contribution in [-0.2, 0) is 19.6 Å². The fourth-order valence-electron chi connectivity index (χ4n) is 1.82. The number of amides is 1. The maximum atomic E-state index is 12.0. The van der Waals surface area contributed by atoms with E-state index in [0.717, 1.165) is 10.6 Å². The van der Waals surface area contributed by atoms with Gasteiger partial charge in [-0.25, -0.2) is 8.42 Å². The van der Waals surface area contributed by atoms with Crippen molar-refractivity contribution >= 4 is 33.2 Å². The highest BCUT2D eigenvalue weighted by Crippen LogP contribution is 2.22. The standard InChI is InChI=1S/C13H19ClN2O4S/c1-10(13(17)15-8-9-20-2)16(21(3,18)19)12-6-4-11(14)5-7-12/h4-7,10H,8-9H2,1-3H3,(H,15,17). The Morgan fingerprint density at radius 1 is 1.38 bits per heavy atom. The molecule has 6 nitrogen and oxygen atoms in total. The molecule has 0 aliphatic heterocycles. The molecule has 0 spiro atoms. The molecule has 0 saturated heterocycles. The first-order valence-electron chi connectivity index (χ1n) is 6.29. The van der Waals surface area contributed by atoms with Gasteiger partial charge in [0.25, 0.3) is 0 Å². The molecule has 0 saturated carbocycles. The van der Waals surface area contributed by atoms with Crippen LogP contribution < -0.4 is 9.62 Å². The smallest absolute Gasteiger partial charge is 0.243 e. The number of methoxy groups -OCH3 is 1. The molecule has 1 rings (SSSR count). The van der Waals surface area contributed by atoms with Gasteiger partial charge in [0.05, 0.1) is 18.6 Å². The van der Waals surface area contributed by atoms with E-state index in [9.17, 15) is 13.2 Å². The monoisotopic (exact) mass is 334 g/mol. The molecule has 1 amide bonds. The van der Waals surface area contributed by atoms with Gasteiger partial charge >= 0.3 is 0 Å². The lowest BCUT2D eigenvalue weighted by atomic mass is 10.2. The van der Waals surface area contributed by atoms with E-state index >= 15 is 0 Å². The third kappa shape index (κ3) is 5.18. The molecule has 8 heteroatoms. The van der Waals surface area contributed by atoms with Crippen molar-refractivity contribution in [2.75, 3.05) is 30.8 Å². The first-order valence-corrected chi connectivity index (χ1v) is 8.51. The topological polar surface area (TPSA) is 75.7 Å². The molecule has 0 heterocycles. The first kappa shape index (κ1) is 17.7. The van der Waals surface area contributed by atoms with Crippen LogP contribution in [0.4, 0.5) is 5.69 Å². The second kappa shape index (κ2) is 7.63. The van der Waals surface area contributed by atoms with Gasteiger partial charge in [-0.3, -0.25) is 9.10 Å². The largest absolute Gasteiger partial charge is 0.383 e. The molecule has 0 aliphatic rings. The summed E-state index contributed by atoms with van der Waals surface area (Å²) in [4.78, 5) is 12.0. The number of sulfonamides is 1. The average molecular weight is 335 g/mol. The molecule has 21 heavy (non-hydrogen) atoms. The summed E-state index contributed by atoms with van der Waals surface area (Å²) in [6.07, 6.45) is 1.06. The summed E-state index contributed by atoms with van der Waals surface area (Å²) in [6.45, 7) is 2.20. The van der Waals surface area contributed by atoms with Crippen LogP contribution in [0, 0.1) is 0 Å². The first-order chi connectivity index (χ1) is 9.77. The SMILES string of the molecule is COCCNC(=O)C(C)N(c1ccc(Cl)cc1)S(C)(=O)=O. The minimum atomic E-state index is -3.61. The molecular weight excluding hydrogens is 316 g/mol. The summed E-state index contributed by atoms with van der Waals surface area (Å²) < 4.78 is 29.9. The van der Waals surface area contributed by atoms with Crippen LogP contribution in [0.2, 0.25) is 5.02 Å². The number of anilines is 1. The van der Waals surface area contributed by atoms with Gasteiger partial charge in [0.15, 0.2) is 0 Å². The Labute approximate surface area is 130 Å². The van der Waals surface area contributed by atoms with Crippen LogP contribution >= 0.6 is 11.6 Å². The molecule has 1 unspecified atom stereocenters. The van der Waals surface area contributed by atoms with Crippen molar-refractivity contribution in [3.8, 4) is 0 Å². The van der Waals surface area contributed by atoms with Crippen molar-refractivity contribution in [3.63, 3.8) is 0 Å². The summed E-state index contributed by atoms with van der Waals surface area (Å²) in [7, 11) is -2.09. The average Bonchev–Trinajstić information content (AvgIpc) is 2.39.